The molecule has 1 rings (SSSR count). The quantitative estimate of drug-likeness (QED) is 0.680. The van der Waals surface area contributed by atoms with Crippen LogP contribution in [0.1, 0.15) is 26.7 Å². The van der Waals surface area contributed by atoms with E-state index in [1.807, 2.05) is 5.01 Å². The van der Waals surface area contributed by atoms with Gasteiger partial charge in [0.2, 0.25) is 5.91 Å². The van der Waals surface area contributed by atoms with Gasteiger partial charge < -0.3 is 10.1 Å². The topological polar surface area (TPSA) is 53.6 Å². The lowest BCUT2D eigenvalue weighted by Crippen LogP contribution is -2.50. The molecule has 0 atom stereocenters. The number of carbonyl (C=O) groups is 1. The zero-order valence-corrected chi connectivity index (χ0v) is 10.3. The highest BCUT2D eigenvalue weighted by atomic mass is 16.5. The summed E-state index contributed by atoms with van der Waals surface area (Å²) in [5, 5.41) is 5.03. The molecule has 0 spiro atoms. The monoisotopic (exact) mass is 229 g/mol. The van der Waals surface area contributed by atoms with Gasteiger partial charge in [0.15, 0.2) is 0 Å². The van der Waals surface area contributed by atoms with E-state index in [0.717, 1.165) is 39.1 Å². The van der Waals surface area contributed by atoms with Crippen LogP contribution >= 0.6 is 0 Å². The van der Waals surface area contributed by atoms with Gasteiger partial charge in [0, 0.05) is 19.1 Å². The Bertz CT molecular complexity index is 201. The first kappa shape index (κ1) is 13.4. The van der Waals surface area contributed by atoms with E-state index in [4.69, 9.17) is 4.74 Å². The van der Waals surface area contributed by atoms with Crippen LogP contribution in [0.15, 0.2) is 0 Å². The minimum atomic E-state index is 0.0696. The number of carbonyl (C=O) groups excluding carboxylic acids is 1. The van der Waals surface area contributed by atoms with Crippen LogP contribution in [0.25, 0.3) is 0 Å². The van der Waals surface area contributed by atoms with Crippen molar-refractivity contribution in [1.29, 1.82) is 0 Å². The summed E-state index contributed by atoms with van der Waals surface area (Å²) in [6, 6.07) is 0.305. The first-order chi connectivity index (χ1) is 7.76. The number of morpholine rings is 1. The summed E-state index contributed by atoms with van der Waals surface area (Å²) in [5.41, 5.74) is 3.12. The highest BCUT2D eigenvalue weighted by Gasteiger charge is 2.12. The van der Waals surface area contributed by atoms with Crippen molar-refractivity contribution in [2.45, 2.75) is 32.7 Å². The fourth-order valence-corrected chi connectivity index (χ4v) is 1.68. The van der Waals surface area contributed by atoms with Crippen molar-refractivity contribution in [3.63, 3.8) is 0 Å². The number of ether oxygens (including phenoxy) is 1. The van der Waals surface area contributed by atoms with Crippen molar-refractivity contribution in [2.24, 2.45) is 0 Å². The van der Waals surface area contributed by atoms with Crippen molar-refractivity contribution in [2.75, 3.05) is 32.8 Å². The third kappa shape index (κ3) is 4.92. The molecule has 0 radical (unpaired) electrons. The Morgan fingerprint density at radius 1 is 1.31 bits per heavy atom. The molecule has 0 aromatic rings. The maximum Gasteiger partial charge on any atom is 0.235 e. The minimum absolute atomic E-state index is 0.0696. The third-order valence-corrected chi connectivity index (χ3v) is 2.83. The molecule has 0 aromatic carbocycles. The van der Waals surface area contributed by atoms with Crippen LogP contribution in [-0.2, 0) is 9.53 Å². The largest absolute Gasteiger partial charge is 0.379 e. The summed E-state index contributed by atoms with van der Waals surface area (Å²) in [6.07, 6.45) is 1.97. The third-order valence-electron chi connectivity index (χ3n) is 2.83. The fourth-order valence-electron chi connectivity index (χ4n) is 1.68. The van der Waals surface area contributed by atoms with Gasteiger partial charge in [0.1, 0.15) is 0 Å². The van der Waals surface area contributed by atoms with Gasteiger partial charge in [-0.05, 0) is 12.8 Å². The number of nitrogens with zero attached hydrogens (tertiary/aromatic N) is 1. The molecule has 5 nitrogen and oxygen atoms in total. The molecule has 2 N–H and O–H groups in total. The van der Waals surface area contributed by atoms with Crippen LogP contribution in [0.3, 0.4) is 0 Å². The first-order valence-electron chi connectivity index (χ1n) is 6.11. The molecule has 0 aliphatic carbocycles. The average Bonchev–Trinajstić information content (AvgIpc) is 2.34. The summed E-state index contributed by atoms with van der Waals surface area (Å²) in [4.78, 5) is 11.6. The van der Waals surface area contributed by atoms with E-state index in [1.165, 1.54) is 0 Å². The van der Waals surface area contributed by atoms with Gasteiger partial charge in [-0.3, -0.25) is 4.79 Å². The summed E-state index contributed by atoms with van der Waals surface area (Å²) in [5.74, 6) is 0.0696. The average molecular weight is 229 g/mol. The molecule has 0 saturated carbocycles. The van der Waals surface area contributed by atoms with E-state index in [-0.39, 0.29) is 5.91 Å². The number of hydrogen-bond acceptors (Lipinski definition) is 4. The molecule has 5 heteroatoms. The van der Waals surface area contributed by atoms with E-state index in [2.05, 4.69) is 24.6 Å². The normalized spacial score (nSPS) is 17.7. The predicted octanol–water partition coefficient (Wildman–Crippen LogP) is 0.128. The molecular weight excluding hydrogens is 206 g/mol. The standard InChI is InChI=1S/C11H23N3O2/c1-3-10(4-2)13-11(15)9-12-14-5-7-16-8-6-14/h10,12H,3-9H2,1-2H3,(H,13,15). The molecule has 16 heavy (non-hydrogen) atoms. The molecule has 1 fully saturated rings. The zero-order valence-electron chi connectivity index (χ0n) is 10.3. The molecule has 0 bridgehead atoms. The minimum Gasteiger partial charge on any atom is -0.379 e. The van der Waals surface area contributed by atoms with Crippen molar-refractivity contribution < 1.29 is 9.53 Å². The van der Waals surface area contributed by atoms with Crippen molar-refractivity contribution in [3.8, 4) is 0 Å². The maximum atomic E-state index is 11.6. The Morgan fingerprint density at radius 2 is 1.94 bits per heavy atom. The van der Waals surface area contributed by atoms with Gasteiger partial charge in [0.05, 0.1) is 19.8 Å². The smallest absolute Gasteiger partial charge is 0.235 e. The Kier molecular flexibility index (Phi) is 6.37. The molecule has 1 aliphatic heterocycles. The zero-order chi connectivity index (χ0) is 11.8. The molecule has 1 aliphatic rings. The number of rotatable bonds is 6. The van der Waals surface area contributed by atoms with E-state index in [0.29, 0.717) is 12.6 Å². The molecule has 94 valence electrons. The van der Waals surface area contributed by atoms with E-state index in [1.54, 1.807) is 0 Å². The van der Waals surface area contributed by atoms with Crippen molar-refractivity contribution in [1.82, 2.24) is 15.8 Å². The molecular formula is C11H23N3O2. The lowest BCUT2D eigenvalue weighted by molar-refractivity contribution is -0.122. The maximum absolute atomic E-state index is 11.6. The second-order valence-electron chi connectivity index (χ2n) is 4.02. The predicted molar refractivity (Wildman–Crippen MR) is 62.9 cm³/mol. The Hall–Kier alpha value is -0.650. The first-order valence-corrected chi connectivity index (χ1v) is 6.11. The Labute approximate surface area is 97.5 Å². The highest BCUT2D eigenvalue weighted by Crippen LogP contribution is 1.95. The van der Waals surface area contributed by atoms with Gasteiger partial charge in [0.25, 0.3) is 0 Å². The lowest BCUT2D eigenvalue weighted by atomic mass is 10.2. The van der Waals surface area contributed by atoms with Gasteiger partial charge in [-0.2, -0.15) is 0 Å². The van der Waals surface area contributed by atoms with Crippen LogP contribution in [0.2, 0.25) is 0 Å². The van der Waals surface area contributed by atoms with Crippen LogP contribution in [0.4, 0.5) is 0 Å². The molecule has 1 heterocycles. The Balaban J connectivity index is 2.13. The Morgan fingerprint density at radius 3 is 2.50 bits per heavy atom. The van der Waals surface area contributed by atoms with Gasteiger partial charge in [-0.1, -0.05) is 13.8 Å². The number of amides is 1. The van der Waals surface area contributed by atoms with Crippen molar-refractivity contribution >= 4 is 5.91 Å². The number of hydrogen-bond donors (Lipinski definition) is 2. The van der Waals surface area contributed by atoms with E-state index in [9.17, 15) is 4.79 Å². The lowest BCUT2D eigenvalue weighted by Gasteiger charge is -2.27. The molecule has 1 saturated heterocycles. The van der Waals surface area contributed by atoms with Crippen molar-refractivity contribution in [3.05, 3.63) is 0 Å². The summed E-state index contributed by atoms with van der Waals surface area (Å²) in [6.45, 7) is 7.70. The van der Waals surface area contributed by atoms with E-state index < -0.39 is 0 Å². The highest BCUT2D eigenvalue weighted by molar-refractivity contribution is 5.78. The summed E-state index contributed by atoms with van der Waals surface area (Å²) < 4.78 is 5.22. The number of nitrogens with one attached hydrogen (secondary N) is 2. The van der Waals surface area contributed by atoms with Gasteiger partial charge >= 0.3 is 0 Å². The van der Waals surface area contributed by atoms with Gasteiger partial charge in [-0.15, -0.1) is 0 Å². The van der Waals surface area contributed by atoms with Gasteiger partial charge in [-0.25, -0.2) is 10.4 Å². The van der Waals surface area contributed by atoms with Crippen LogP contribution < -0.4 is 10.7 Å². The van der Waals surface area contributed by atoms with Crippen LogP contribution in [-0.4, -0.2) is 49.8 Å². The SMILES string of the molecule is CCC(CC)NC(=O)CNN1CCOCC1. The molecule has 0 unspecified atom stereocenters. The summed E-state index contributed by atoms with van der Waals surface area (Å²) >= 11 is 0. The molecule has 1 amide bonds. The van der Waals surface area contributed by atoms with E-state index >= 15 is 0 Å². The second-order valence-corrected chi connectivity index (χ2v) is 4.02. The molecule has 0 aromatic heterocycles. The van der Waals surface area contributed by atoms with Crippen LogP contribution in [0, 0.1) is 0 Å². The number of hydrazine groups is 1. The fraction of sp³-hybridized carbons (Fsp3) is 0.909. The second kappa shape index (κ2) is 7.60. The van der Waals surface area contributed by atoms with Crippen LogP contribution in [0.5, 0.6) is 0 Å². The summed E-state index contributed by atoms with van der Waals surface area (Å²) in [7, 11) is 0.